The fraction of sp³-hybridized carbons (Fsp3) is 0.185. The van der Waals surface area contributed by atoms with Crippen molar-refractivity contribution in [3.8, 4) is 11.3 Å². The second-order valence-corrected chi connectivity index (χ2v) is 9.53. The number of hydrogen-bond acceptors (Lipinski definition) is 5. The van der Waals surface area contributed by atoms with Crippen LogP contribution < -0.4 is 4.90 Å². The Hall–Kier alpha value is -3.51. The Bertz CT molecular complexity index is 1340. The smallest absolute Gasteiger partial charge is 0.247 e. The van der Waals surface area contributed by atoms with Crippen LogP contribution in [0.2, 0.25) is 0 Å². The van der Waals surface area contributed by atoms with Crippen LogP contribution in [0.5, 0.6) is 0 Å². The van der Waals surface area contributed by atoms with E-state index in [9.17, 15) is 9.59 Å². The molecule has 6 heteroatoms. The fourth-order valence-corrected chi connectivity index (χ4v) is 5.01. The minimum atomic E-state index is -0.549. The zero-order chi connectivity index (χ0) is 22.9. The molecule has 1 aromatic heterocycles. The van der Waals surface area contributed by atoms with Crippen LogP contribution in [0.3, 0.4) is 0 Å². The fourth-order valence-electron chi connectivity index (χ4n) is 4.03. The monoisotopic (exact) mass is 453 g/mol. The van der Waals surface area contributed by atoms with Gasteiger partial charge in [0.05, 0.1) is 16.9 Å². The number of thioether (sulfide) groups is 1. The van der Waals surface area contributed by atoms with E-state index in [0.29, 0.717) is 16.8 Å². The lowest BCUT2D eigenvalue weighted by Gasteiger charge is -2.16. The summed E-state index contributed by atoms with van der Waals surface area (Å²) in [7, 11) is 0. The highest BCUT2D eigenvalue weighted by atomic mass is 32.2. The SMILES string of the molecule is CC(C)c1ccc(N2C(=O)C[C@H](Sc3nc(-c4ccccc4)c4ccccc4n3)C2=O)cc1. The van der Waals surface area contributed by atoms with Crippen molar-refractivity contribution in [3.05, 3.63) is 84.4 Å². The van der Waals surface area contributed by atoms with E-state index < -0.39 is 5.25 Å². The normalized spacial score (nSPS) is 16.2. The van der Waals surface area contributed by atoms with Gasteiger partial charge in [0.15, 0.2) is 5.16 Å². The van der Waals surface area contributed by atoms with Crippen molar-refractivity contribution < 1.29 is 9.59 Å². The first kappa shape index (κ1) is 21.3. The third-order valence-corrected chi connectivity index (χ3v) is 6.85. The van der Waals surface area contributed by atoms with Gasteiger partial charge in [0.25, 0.3) is 0 Å². The maximum Gasteiger partial charge on any atom is 0.247 e. The molecule has 0 bridgehead atoms. The minimum absolute atomic E-state index is 0.131. The Kier molecular flexibility index (Phi) is 5.68. The molecule has 5 nitrogen and oxygen atoms in total. The van der Waals surface area contributed by atoms with E-state index in [2.05, 4.69) is 18.8 Å². The summed E-state index contributed by atoms with van der Waals surface area (Å²) >= 11 is 1.26. The van der Waals surface area contributed by atoms with Crippen molar-refractivity contribution in [1.82, 2.24) is 9.97 Å². The molecule has 164 valence electrons. The van der Waals surface area contributed by atoms with Crippen molar-refractivity contribution in [2.75, 3.05) is 4.90 Å². The van der Waals surface area contributed by atoms with Crippen molar-refractivity contribution in [2.45, 2.75) is 36.6 Å². The van der Waals surface area contributed by atoms with Crippen molar-refractivity contribution in [2.24, 2.45) is 0 Å². The van der Waals surface area contributed by atoms with Gasteiger partial charge in [-0.05, 0) is 29.7 Å². The molecule has 1 aliphatic heterocycles. The predicted molar refractivity (Wildman–Crippen MR) is 132 cm³/mol. The largest absolute Gasteiger partial charge is 0.274 e. The van der Waals surface area contributed by atoms with Crippen LogP contribution in [-0.4, -0.2) is 27.0 Å². The summed E-state index contributed by atoms with van der Waals surface area (Å²) in [6.45, 7) is 4.22. The zero-order valence-corrected chi connectivity index (χ0v) is 19.3. The molecule has 5 rings (SSSR count). The molecule has 2 heterocycles. The predicted octanol–water partition coefficient (Wildman–Crippen LogP) is 5.84. The summed E-state index contributed by atoms with van der Waals surface area (Å²) in [5.74, 6) is -0.0321. The number of nitrogens with zero attached hydrogens (tertiary/aromatic N) is 3. The number of amides is 2. The van der Waals surface area contributed by atoms with Gasteiger partial charge in [-0.25, -0.2) is 14.9 Å². The molecule has 0 radical (unpaired) electrons. The third kappa shape index (κ3) is 4.14. The van der Waals surface area contributed by atoms with Crippen LogP contribution in [0, 0.1) is 0 Å². The number of benzene rings is 3. The number of anilines is 1. The van der Waals surface area contributed by atoms with E-state index in [4.69, 9.17) is 4.98 Å². The second-order valence-electron chi connectivity index (χ2n) is 8.36. The van der Waals surface area contributed by atoms with E-state index in [1.54, 1.807) is 0 Å². The lowest BCUT2D eigenvalue weighted by atomic mass is 10.0. The van der Waals surface area contributed by atoms with Crippen molar-refractivity contribution in [1.29, 1.82) is 0 Å². The quantitative estimate of drug-likeness (QED) is 0.280. The lowest BCUT2D eigenvalue weighted by molar-refractivity contribution is -0.121. The highest BCUT2D eigenvalue weighted by Gasteiger charge is 2.40. The second kappa shape index (κ2) is 8.79. The Labute approximate surface area is 196 Å². The van der Waals surface area contributed by atoms with Gasteiger partial charge in [-0.2, -0.15) is 0 Å². The first-order valence-electron chi connectivity index (χ1n) is 11.0. The number of carbonyl (C=O) groups excluding carboxylic acids is 2. The first-order valence-corrected chi connectivity index (χ1v) is 11.8. The average Bonchev–Trinajstić information content (AvgIpc) is 3.11. The Morgan fingerprint density at radius 3 is 2.30 bits per heavy atom. The van der Waals surface area contributed by atoms with Gasteiger partial charge in [0.2, 0.25) is 11.8 Å². The molecule has 0 saturated carbocycles. The average molecular weight is 454 g/mol. The van der Waals surface area contributed by atoms with Gasteiger partial charge in [-0.1, -0.05) is 86.3 Å². The molecule has 0 N–H and O–H groups in total. The van der Waals surface area contributed by atoms with Crippen LogP contribution in [0.1, 0.15) is 31.7 Å². The van der Waals surface area contributed by atoms with Crippen molar-refractivity contribution >= 4 is 40.2 Å². The summed E-state index contributed by atoms with van der Waals surface area (Å²) in [5, 5.41) is 0.900. The van der Waals surface area contributed by atoms with Crippen LogP contribution in [-0.2, 0) is 9.59 Å². The van der Waals surface area contributed by atoms with E-state index in [-0.39, 0.29) is 18.2 Å². The van der Waals surface area contributed by atoms with Gasteiger partial charge >= 0.3 is 0 Å². The van der Waals surface area contributed by atoms with Crippen LogP contribution in [0.4, 0.5) is 5.69 Å². The molecule has 0 aliphatic carbocycles. The molecule has 0 unspecified atom stereocenters. The van der Waals surface area contributed by atoms with Crippen LogP contribution in [0.15, 0.2) is 84.0 Å². The van der Waals surface area contributed by atoms with Gasteiger partial charge in [0, 0.05) is 17.4 Å². The number of carbonyl (C=O) groups is 2. The van der Waals surface area contributed by atoms with Crippen molar-refractivity contribution in [3.63, 3.8) is 0 Å². The summed E-state index contributed by atoms with van der Waals surface area (Å²) < 4.78 is 0. The van der Waals surface area contributed by atoms with Gasteiger partial charge < -0.3 is 0 Å². The maximum absolute atomic E-state index is 13.2. The number of imide groups is 1. The summed E-state index contributed by atoms with van der Waals surface area (Å²) in [5.41, 5.74) is 4.40. The number of para-hydroxylation sites is 1. The van der Waals surface area contributed by atoms with E-state index >= 15 is 0 Å². The molecule has 2 amide bonds. The molecule has 1 fully saturated rings. The topological polar surface area (TPSA) is 63.2 Å². The summed E-state index contributed by atoms with van der Waals surface area (Å²) in [4.78, 5) is 36.7. The van der Waals surface area contributed by atoms with Gasteiger partial charge in [-0.3, -0.25) is 9.59 Å². The summed E-state index contributed by atoms with van der Waals surface area (Å²) in [6, 6.07) is 25.4. The van der Waals surface area contributed by atoms with E-state index in [0.717, 1.165) is 22.2 Å². The standard InChI is InChI=1S/C27H23N3O2S/c1-17(2)18-12-14-20(15-13-18)30-24(31)16-23(26(30)32)33-27-28-22-11-7-6-10-21(22)25(29-27)19-8-4-3-5-9-19/h3-15,17,23H,16H2,1-2H3/t23-/m0/s1. The molecule has 33 heavy (non-hydrogen) atoms. The number of aromatic nitrogens is 2. The van der Waals surface area contributed by atoms with Crippen LogP contribution >= 0.6 is 11.8 Å². The number of rotatable bonds is 5. The molecule has 1 atom stereocenters. The lowest BCUT2D eigenvalue weighted by Crippen LogP contribution is -2.31. The Morgan fingerprint density at radius 2 is 1.58 bits per heavy atom. The molecule has 4 aromatic rings. The van der Waals surface area contributed by atoms with Gasteiger partial charge in [-0.15, -0.1) is 0 Å². The Morgan fingerprint density at radius 1 is 0.879 bits per heavy atom. The van der Waals surface area contributed by atoms with E-state index in [1.807, 2.05) is 78.9 Å². The number of hydrogen-bond donors (Lipinski definition) is 0. The van der Waals surface area contributed by atoms with Crippen LogP contribution in [0.25, 0.3) is 22.2 Å². The summed E-state index contributed by atoms with van der Waals surface area (Å²) in [6.07, 6.45) is 0.131. The maximum atomic E-state index is 13.2. The highest BCUT2D eigenvalue weighted by molar-refractivity contribution is 8.00. The Balaban J connectivity index is 1.45. The number of fused-ring (bicyclic) bond motifs is 1. The zero-order valence-electron chi connectivity index (χ0n) is 18.4. The molecular weight excluding hydrogens is 430 g/mol. The first-order chi connectivity index (χ1) is 16.0. The molecule has 1 aliphatic rings. The molecule has 0 spiro atoms. The molecule has 3 aromatic carbocycles. The third-order valence-electron chi connectivity index (χ3n) is 5.80. The minimum Gasteiger partial charge on any atom is -0.274 e. The molecule has 1 saturated heterocycles. The van der Waals surface area contributed by atoms with E-state index in [1.165, 1.54) is 22.2 Å². The highest BCUT2D eigenvalue weighted by Crippen LogP contribution is 2.35. The van der Waals surface area contributed by atoms with Gasteiger partial charge in [0.1, 0.15) is 5.25 Å². The molecular formula is C27H23N3O2S.